The molecule has 0 saturated carbocycles. The van der Waals surface area contributed by atoms with Crippen LogP contribution in [0.3, 0.4) is 0 Å². The molecule has 1 aromatic carbocycles. The van der Waals surface area contributed by atoms with E-state index in [0.717, 1.165) is 23.4 Å². The number of nitrogens with one attached hydrogen (secondary N) is 1. The summed E-state index contributed by atoms with van der Waals surface area (Å²) in [5.74, 6) is 0.874. The lowest BCUT2D eigenvalue weighted by Gasteiger charge is -2.21. The van der Waals surface area contributed by atoms with E-state index < -0.39 is 0 Å². The lowest BCUT2D eigenvalue weighted by molar-refractivity contribution is 0.333. The Kier molecular flexibility index (Phi) is 5.73. The van der Waals surface area contributed by atoms with Crippen molar-refractivity contribution in [1.29, 1.82) is 0 Å². The van der Waals surface area contributed by atoms with Crippen LogP contribution in [0.15, 0.2) is 30.3 Å². The summed E-state index contributed by atoms with van der Waals surface area (Å²) in [5, 5.41) is 3.45. The van der Waals surface area contributed by atoms with Crippen LogP contribution < -0.4 is 10.1 Å². The molecule has 1 heterocycles. The van der Waals surface area contributed by atoms with E-state index in [2.05, 4.69) is 18.3 Å². The van der Waals surface area contributed by atoms with Crippen molar-refractivity contribution in [1.82, 2.24) is 5.32 Å². The highest BCUT2D eigenvalue weighted by molar-refractivity contribution is 7.20. The van der Waals surface area contributed by atoms with Crippen molar-refractivity contribution in [3.05, 3.63) is 50.1 Å². The minimum atomic E-state index is -0.0148. The lowest BCUT2D eigenvalue weighted by Crippen LogP contribution is -2.22. The van der Waals surface area contributed by atoms with Crippen LogP contribution in [0.5, 0.6) is 5.75 Å². The van der Waals surface area contributed by atoms with Crippen molar-refractivity contribution >= 4 is 34.5 Å². The molecule has 0 amide bonds. The van der Waals surface area contributed by atoms with Crippen LogP contribution in [-0.2, 0) is 0 Å². The Labute approximate surface area is 133 Å². The molecule has 2 nitrogen and oxygen atoms in total. The predicted octanol–water partition coefficient (Wildman–Crippen LogP) is 5.15. The summed E-state index contributed by atoms with van der Waals surface area (Å²) in [4.78, 5) is 0. The van der Waals surface area contributed by atoms with E-state index in [1.165, 1.54) is 11.3 Å². The van der Waals surface area contributed by atoms with Crippen molar-refractivity contribution in [2.45, 2.75) is 19.9 Å². The Balaban J connectivity index is 2.45. The number of rotatable bonds is 6. The van der Waals surface area contributed by atoms with Crippen molar-refractivity contribution < 1.29 is 4.74 Å². The first-order chi connectivity index (χ1) is 9.67. The van der Waals surface area contributed by atoms with E-state index >= 15 is 0 Å². The molecule has 5 heteroatoms. The third-order valence-corrected chi connectivity index (χ3v) is 4.45. The second-order valence-electron chi connectivity index (χ2n) is 4.24. The summed E-state index contributed by atoms with van der Waals surface area (Å²) in [5.41, 5.74) is 2.07. The molecule has 0 aliphatic rings. The van der Waals surface area contributed by atoms with Crippen LogP contribution >= 0.6 is 34.5 Å². The van der Waals surface area contributed by atoms with Crippen LogP contribution in [0.4, 0.5) is 0 Å². The fourth-order valence-corrected chi connectivity index (χ4v) is 3.68. The number of para-hydroxylation sites is 1. The average Bonchev–Trinajstić information content (AvgIpc) is 2.76. The van der Waals surface area contributed by atoms with Gasteiger partial charge in [0.1, 0.15) is 5.75 Å². The van der Waals surface area contributed by atoms with E-state index in [-0.39, 0.29) is 6.04 Å². The number of ether oxygens (including phenoxy) is 1. The van der Waals surface area contributed by atoms with Gasteiger partial charge in [0.25, 0.3) is 0 Å². The van der Waals surface area contributed by atoms with Crippen LogP contribution in [0.1, 0.15) is 31.0 Å². The monoisotopic (exact) mass is 329 g/mol. The number of hydrogen-bond donors (Lipinski definition) is 1. The first kappa shape index (κ1) is 15.6. The first-order valence-electron chi connectivity index (χ1n) is 6.57. The molecule has 0 spiro atoms. The van der Waals surface area contributed by atoms with E-state index in [9.17, 15) is 0 Å². The van der Waals surface area contributed by atoms with E-state index in [4.69, 9.17) is 27.9 Å². The number of thiophene rings is 1. The third kappa shape index (κ3) is 3.47. The first-order valence-corrected chi connectivity index (χ1v) is 8.14. The van der Waals surface area contributed by atoms with Gasteiger partial charge in [-0.05, 0) is 25.6 Å². The molecule has 1 N–H and O–H groups in total. The highest BCUT2D eigenvalue weighted by atomic mass is 35.5. The Hall–Kier alpha value is -0.740. The Morgan fingerprint density at radius 1 is 1.20 bits per heavy atom. The maximum atomic E-state index is 6.31. The van der Waals surface area contributed by atoms with Crippen LogP contribution in [0.2, 0.25) is 8.67 Å². The van der Waals surface area contributed by atoms with Crippen molar-refractivity contribution in [2.75, 3.05) is 13.2 Å². The van der Waals surface area contributed by atoms with Gasteiger partial charge in [0.15, 0.2) is 0 Å². The van der Waals surface area contributed by atoms with Gasteiger partial charge in [-0.3, -0.25) is 0 Å². The molecule has 20 heavy (non-hydrogen) atoms. The predicted molar refractivity (Wildman–Crippen MR) is 87.5 cm³/mol. The molecule has 108 valence electrons. The van der Waals surface area contributed by atoms with Gasteiger partial charge in [0.2, 0.25) is 0 Å². The topological polar surface area (TPSA) is 21.3 Å². The molecule has 0 saturated heterocycles. The van der Waals surface area contributed by atoms with Crippen LogP contribution in [-0.4, -0.2) is 13.2 Å². The van der Waals surface area contributed by atoms with E-state index in [1.807, 2.05) is 31.2 Å². The Morgan fingerprint density at radius 3 is 2.55 bits per heavy atom. The minimum Gasteiger partial charge on any atom is -0.494 e. The quantitative estimate of drug-likeness (QED) is 0.790. The smallest absolute Gasteiger partial charge is 0.124 e. The summed E-state index contributed by atoms with van der Waals surface area (Å²) in [7, 11) is 0. The maximum absolute atomic E-state index is 6.31. The molecule has 2 aromatic rings. The highest BCUT2D eigenvalue weighted by Crippen LogP contribution is 2.39. The van der Waals surface area contributed by atoms with Crippen LogP contribution in [0, 0.1) is 0 Å². The summed E-state index contributed by atoms with van der Waals surface area (Å²) in [6.45, 7) is 5.51. The second-order valence-corrected chi connectivity index (χ2v) is 6.53. The molecule has 0 bridgehead atoms. The largest absolute Gasteiger partial charge is 0.494 e. The number of benzene rings is 1. The zero-order valence-corrected chi connectivity index (χ0v) is 13.8. The third-order valence-electron chi connectivity index (χ3n) is 2.93. The fraction of sp³-hybridized carbons (Fsp3) is 0.333. The normalized spacial score (nSPS) is 12.4. The lowest BCUT2D eigenvalue weighted by atomic mass is 10.00. The Bertz CT molecular complexity index is 571. The zero-order valence-electron chi connectivity index (χ0n) is 11.5. The average molecular weight is 330 g/mol. The summed E-state index contributed by atoms with van der Waals surface area (Å²) in [6.07, 6.45) is 0. The van der Waals surface area contributed by atoms with Crippen molar-refractivity contribution in [3.63, 3.8) is 0 Å². The molecule has 0 radical (unpaired) electrons. The SMILES string of the molecule is CCNC(c1ccccc1OCC)c1cc(Cl)sc1Cl. The molecule has 2 rings (SSSR count). The zero-order chi connectivity index (χ0) is 14.5. The summed E-state index contributed by atoms with van der Waals surface area (Å²) in [6, 6.07) is 9.92. The molecule has 0 aliphatic heterocycles. The summed E-state index contributed by atoms with van der Waals surface area (Å²) >= 11 is 13.8. The fourth-order valence-electron chi connectivity index (χ4n) is 2.15. The number of hydrogen-bond acceptors (Lipinski definition) is 3. The van der Waals surface area contributed by atoms with Gasteiger partial charge >= 0.3 is 0 Å². The molecule has 0 fully saturated rings. The van der Waals surface area contributed by atoms with Gasteiger partial charge in [-0.15, -0.1) is 11.3 Å². The van der Waals surface area contributed by atoms with Gasteiger partial charge in [0.05, 0.1) is 21.3 Å². The molecule has 1 unspecified atom stereocenters. The van der Waals surface area contributed by atoms with E-state index in [0.29, 0.717) is 15.3 Å². The maximum Gasteiger partial charge on any atom is 0.124 e. The van der Waals surface area contributed by atoms with Crippen LogP contribution in [0.25, 0.3) is 0 Å². The van der Waals surface area contributed by atoms with Gasteiger partial charge < -0.3 is 10.1 Å². The molecule has 1 aromatic heterocycles. The van der Waals surface area contributed by atoms with Crippen molar-refractivity contribution in [3.8, 4) is 5.75 Å². The van der Waals surface area contributed by atoms with Gasteiger partial charge in [-0.1, -0.05) is 48.3 Å². The second kappa shape index (κ2) is 7.32. The minimum absolute atomic E-state index is 0.0148. The molecule has 0 aliphatic carbocycles. The van der Waals surface area contributed by atoms with Crippen molar-refractivity contribution in [2.24, 2.45) is 0 Å². The van der Waals surface area contributed by atoms with Gasteiger partial charge in [0, 0.05) is 11.1 Å². The molecular weight excluding hydrogens is 313 g/mol. The van der Waals surface area contributed by atoms with E-state index in [1.54, 1.807) is 0 Å². The van der Waals surface area contributed by atoms with Gasteiger partial charge in [-0.25, -0.2) is 0 Å². The van der Waals surface area contributed by atoms with Gasteiger partial charge in [-0.2, -0.15) is 0 Å². The molecular formula is C15H17Cl2NOS. The standard InChI is InChI=1S/C15H17Cl2NOS/c1-3-18-14(11-9-13(16)20-15(11)17)10-7-5-6-8-12(10)19-4-2/h5-9,14,18H,3-4H2,1-2H3. The molecule has 1 atom stereocenters. The Morgan fingerprint density at radius 2 is 1.95 bits per heavy atom. The highest BCUT2D eigenvalue weighted by Gasteiger charge is 2.21. The summed E-state index contributed by atoms with van der Waals surface area (Å²) < 4.78 is 7.13. The number of halogens is 2.